The average Bonchev–Trinajstić information content (AvgIpc) is 2.22. The van der Waals surface area contributed by atoms with Gasteiger partial charge in [-0.15, -0.1) is 0 Å². The Bertz CT molecular complexity index is 367. The third kappa shape index (κ3) is 1.93. The predicted molar refractivity (Wildman–Crippen MR) is 62.8 cm³/mol. The second-order valence-electron chi connectivity index (χ2n) is 2.94. The van der Waals surface area contributed by atoms with Crippen molar-refractivity contribution < 1.29 is 0 Å². The fourth-order valence-electron chi connectivity index (χ4n) is 1.29. The summed E-state index contributed by atoms with van der Waals surface area (Å²) in [6.45, 7) is 1.91. The first kappa shape index (κ1) is 10.3. The van der Waals surface area contributed by atoms with Gasteiger partial charge in [0.2, 0.25) is 0 Å². The van der Waals surface area contributed by atoms with Crippen LogP contribution in [-0.2, 0) is 0 Å². The minimum absolute atomic E-state index is 0.719. The van der Waals surface area contributed by atoms with E-state index in [1.807, 2.05) is 38.2 Å². The van der Waals surface area contributed by atoms with E-state index >= 15 is 0 Å². The van der Waals surface area contributed by atoms with Gasteiger partial charge in [0.05, 0.1) is 11.4 Å². The number of hydrogen-bond acceptors (Lipinski definition) is 3. The number of nitrogen functional groups attached to an aromatic ring is 1. The summed E-state index contributed by atoms with van der Waals surface area (Å²) < 4.78 is 0. The monoisotopic (exact) mass is 189 g/mol. The van der Waals surface area contributed by atoms with Crippen LogP contribution in [0.2, 0.25) is 0 Å². The van der Waals surface area contributed by atoms with Crippen LogP contribution in [0.1, 0.15) is 12.5 Å². The zero-order valence-electron chi connectivity index (χ0n) is 8.46. The number of nitrogens with one attached hydrogen (secondary N) is 2. The molecule has 1 aromatic carbocycles. The molecule has 0 aromatic heterocycles. The van der Waals surface area contributed by atoms with Crippen LogP contribution in [0.25, 0.3) is 5.57 Å². The van der Waals surface area contributed by atoms with Crippen LogP contribution < -0.4 is 11.1 Å². The molecule has 74 valence electrons. The maximum absolute atomic E-state index is 7.23. The van der Waals surface area contributed by atoms with E-state index in [0.717, 1.165) is 22.5 Å². The zero-order chi connectivity index (χ0) is 10.6. The summed E-state index contributed by atoms with van der Waals surface area (Å²) in [7, 11) is 1.83. The lowest BCUT2D eigenvalue weighted by molar-refractivity contribution is 1.49. The Morgan fingerprint density at radius 2 is 2.21 bits per heavy atom. The molecule has 4 N–H and O–H groups in total. The molecule has 0 aliphatic rings. The number of hydrogen-bond donors (Lipinski definition) is 3. The highest BCUT2D eigenvalue weighted by molar-refractivity contribution is 6.08. The largest absolute Gasteiger partial charge is 0.397 e. The van der Waals surface area contributed by atoms with Crippen molar-refractivity contribution in [3.63, 3.8) is 0 Å². The molecule has 0 saturated heterocycles. The summed E-state index contributed by atoms with van der Waals surface area (Å²) in [5.41, 5.74) is 9.25. The number of nitrogens with two attached hydrogens (primary N) is 1. The van der Waals surface area contributed by atoms with Gasteiger partial charge in [0, 0.05) is 13.3 Å². The Hall–Kier alpha value is -1.77. The zero-order valence-corrected chi connectivity index (χ0v) is 8.46. The SMILES string of the molecule is C/C=C(\C=N)c1ccc(N)c(NC)c1. The van der Waals surface area contributed by atoms with E-state index in [1.165, 1.54) is 6.21 Å². The molecule has 0 fully saturated rings. The van der Waals surface area contributed by atoms with Crippen LogP contribution in [0.3, 0.4) is 0 Å². The van der Waals surface area contributed by atoms with E-state index in [2.05, 4.69) is 5.32 Å². The number of rotatable bonds is 3. The number of benzene rings is 1. The first-order valence-electron chi connectivity index (χ1n) is 4.47. The van der Waals surface area contributed by atoms with Crippen LogP contribution in [0.5, 0.6) is 0 Å². The smallest absolute Gasteiger partial charge is 0.0577 e. The highest BCUT2D eigenvalue weighted by Gasteiger charge is 2.01. The lowest BCUT2D eigenvalue weighted by Crippen LogP contribution is -1.97. The van der Waals surface area contributed by atoms with Gasteiger partial charge in [-0.25, -0.2) is 0 Å². The summed E-state index contributed by atoms with van der Waals surface area (Å²) in [4.78, 5) is 0. The van der Waals surface area contributed by atoms with Crippen molar-refractivity contribution in [2.24, 2.45) is 0 Å². The Kier molecular flexibility index (Phi) is 3.29. The van der Waals surface area contributed by atoms with Gasteiger partial charge in [-0.1, -0.05) is 12.1 Å². The first-order chi connectivity index (χ1) is 6.72. The fraction of sp³-hybridized carbons (Fsp3) is 0.182. The van der Waals surface area contributed by atoms with Gasteiger partial charge < -0.3 is 16.5 Å². The molecule has 0 aliphatic heterocycles. The Morgan fingerprint density at radius 1 is 1.50 bits per heavy atom. The molecular formula is C11H15N3. The van der Waals surface area contributed by atoms with Gasteiger partial charge in [0.15, 0.2) is 0 Å². The highest BCUT2D eigenvalue weighted by Crippen LogP contribution is 2.23. The molecular weight excluding hydrogens is 174 g/mol. The van der Waals surface area contributed by atoms with Gasteiger partial charge >= 0.3 is 0 Å². The van der Waals surface area contributed by atoms with E-state index in [1.54, 1.807) is 0 Å². The van der Waals surface area contributed by atoms with E-state index < -0.39 is 0 Å². The number of anilines is 2. The number of allylic oxidation sites excluding steroid dienone is 2. The van der Waals surface area contributed by atoms with Gasteiger partial charge in [-0.2, -0.15) is 0 Å². The summed E-state index contributed by atoms with van der Waals surface area (Å²) in [5.74, 6) is 0. The molecule has 0 saturated carbocycles. The van der Waals surface area contributed by atoms with Crippen molar-refractivity contribution in [1.29, 1.82) is 5.41 Å². The molecule has 0 unspecified atom stereocenters. The van der Waals surface area contributed by atoms with E-state index in [4.69, 9.17) is 11.1 Å². The second-order valence-corrected chi connectivity index (χ2v) is 2.94. The van der Waals surface area contributed by atoms with Crippen LogP contribution in [0, 0.1) is 5.41 Å². The minimum Gasteiger partial charge on any atom is -0.397 e. The molecule has 14 heavy (non-hydrogen) atoms. The lowest BCUT2D eigenvalue weighted by atomic mass is 10.1. The molecule has 3 nitrogen and oxygen atoms in total. The van der Waals surface area contributed by atoms with E-state index in [-0.39, 0.29) is 0 Å². The summed E-state index contributed by atoms with van der Waals surface area (Å²) in [6, 6.07) is 5.69. The average molecular weight is 189 g/mol. The van der Waals surface area contributed by atoms with Crippen molar-refractivity contribution >= 4 is 23.2 Å². The topological polar surface area (TPSA) is 61.9 Å². The molecule has 1 aromatic rings. The molecule has 0 radical (unpaired) electrons. The van der Waals surface area contributed by atoms with Crippen LogP contribution in [0.15, 0.2) is 24.3 Å². The normalized spacial score (nSPS) is 11.1. The Labute approximate surface area is 84.1 Å². The minimum atomic E-state index is 0.719. The van der Waals surface area contributed by atoms with E-state index in [0.29, 0.717) is 0 Å². The first-order valence-corrected chi connectivity index (χ1v) is 4.47. The summed E-state index contributed by atoms with van der Waals surface area (Å²) in [6.07, 6.45) is 3.24. The van der Waals surface area contributed by atoms with Crippen molar-refractivity contribution in [1.82, 2.24) is 0 Å². The summed E-state index contributed by atoms with van der Waals surface area (Å²) >= 11 is 0. The van der Waals surface area contributed by atoms with Crippen molar-refractivity contribution in [3.8, 4) is 0 Å². The Balaban J connectivity index is 3.18. The molecule has 3 heteroatoms. The lowest BCUT2D eigenvalue weighted by Gasteiger charge is -2.07. The molecule has 0 spiro atoms. The molecule has 0 bridgehead atoms. The predicted octanol–water partition coefficient (Wildman–Crippen LogP) is 2.36. The quantitative estimate of drug-likeness (QED) is 0.505. The van der Waals surface area contributed by atoms with Crippen molar-refractivity contribution in [3.05, 3.63) is 29.8 Å². The highest BCUT2D eigenvalue weighted by atomic mass is 14.8. The maximum atomic E-state index is 7.23. The third-order valence-electron chi connectivity index (χ3n) is 2.12. The maximum Gasteiger partial charge on any atom is 0.0577 e. The summed E-state index contributed by atoms with van der Waals surface area (Å²) in [5, 5.41) is 10.2. The molecule has 0 atom stereocenters. The van der Waals surface area contributed by atoms with Crippen LogP contribution >= 0.6 is 0 Å². The fourth-order valence-corrected chi connectivity index (χ4v) is 1.29. The van der Waals surface area contributed by atoms with Gasteiger partial charge in [-0.05, 0) is 30.2 Å². The van der Waals surface area contributed by atoms with Crippen molar-refractivity contribution in [2.75, 3.05) is 18.1 Å². The van der Waals surface area contributed by atoms with Gasteiger partial charge in [0.1, 0.15) is 0 Å². The molecule has 0 aliphatic carbocycles. The van der Waals surface area contributed by atoms with Gasteiger partial charge in [0.25, 0.3) is 0 Å². The Morgan fingerprint density at radius 3 is 2.71 bits per heavy atom. The molecule has 0 amide bonds. The third-order valence-corrected chi connectivity index (χ3v) is 2.12. The second kappa shape index (κ2) is 4.46. The molecule has 0 heterocycles. The molecule has 1 rings (SSSR count). The van der Waals surface area contributed by atoms with Gasteiger partial charge in [-0.3, -0.25) is 0 Å². The standard InChI is InChI=1S/C11H15N3/c1-3-8(7-12)9-4-5-10(13)11(6-9)14-2/h3-7,12,14H,13H2,1-2H3/b8-3+,12-7?. The van der Waals surface area contributed by atoms with Crippen molar-refractivity contribution in [2.45, 2.75) is 6.92 Å². The van der Waals surface area contributed by atoms with E-state index in [9.17, 15) is 0 Å². The van der Waals surface area contributed by atoms with Crippen LogP contribution in [-0.4, -0.2) is 13.3 Å². The van der Waals surface area contributed by atoms with Crippen LogP contribution in [0.4, 0.5) is 11.4 Å².